The van der Waals surface area contributed by atoms with E-state index in [1.807, 2.05) is 18.2 Å². The summed E-state index contributed by atoms with van der Waals surface area (Å²) >= 11 is 0. The first-order chi connectivity index (χ1) is 17.5. The molecule has 0 saturated carbocycles. The monoisotopic (exact) mass is 536 g/mol. The molecule has 0 bridgehead atoms. The summed E-state index contributed by atoms with van der Waals surface area (Å²) in [7, 11) is -0.257. The summed E-state index contributed by atoms with van der Waals surface area (Å²) in [6, 6.07) is 10.4. The first-order valence-corrected chi connectivity index (χ1v) is 13.0. The van der Waals surface area contributed by atoms with Crippen LogP contribution in [0.25, 0.3) is 0 Å². The van der Waals surface area contributed by atoms with Crippen LogP contribution < -0.4 is 19.8 Å². The Kier molecular flexibility index (Phi) is 7.68. The molecular formula is C23H25F3N7O3S. The van der Waals surface area contributed by atoms with Crippen LogP contribution in [-0.2, 0) is 27.5 Å². The third-order valence-electron chi connectivity index (χ3n) is 5.52. The lowest BCUT2D eigenvalue weighted by Gasteiger charge is -2.29. The minimum absolute atomic E-state index is 0.0154. The van der Waals surface area contributed by atoms with Crippen molar-refractivity contribution < 1.29 is 26.3 Å². The van der Waals surface area contributed by atoms with Gasteiger partial charge in [-0.1, -0.05) is 12.1 Å². The van der Waals surface area contributed by atoms with Crippen molar-refractivity contribution in [3.63, 3.8) is 0 Å². The number of halogens is 3. The Morgan fingerprint density at radius 2 is 1.92 bits per heavy atom. The van der Waals surface area contributed by atoms with Gasteiger partial charge in [-0.15, -0.1) is 0 Å². The lowest BCUT2D eigenvalue weighted by molar-refractivity contribution is -0.137. The van der Waals surface area contributed by atoms with Gasteiger partial charge in [0.15, 0.2) is 0 Å². The van der Waals surface area contributed by atoms with Gasteiger partial charge in [0.2, 0.25) is 16.0 Å². The number of alkyl halides is 3. The van der Waals surface area contributed by atoms with E-state index in [0.717, 1.165) is 25.0 Å². The molecule has 0 spiro atoms. The van der Waals surface area contributed by atoms with Gasteiger partial charge in [-0.3, -0.25) is 4.31 Å². The van der Waals surface area contributed by atoms with Gasteiger partial charge < -0.3 is 20.3 Å². The molecule has 14 heteroatoms. The summed E-state index contributed by atoms with van der Waals surface area (Å²) < 4.78 is 71.0. The molecule has 4 rings (SSSR count). The van der Waals surface area contributed by atoms with Gasteiger partial charge in [0.25, 0.3) is 0 Å². The average Bonchev–Trinajstić information content (AvgIpc) is 2.87. The molecule has 1 aromatic carbocycles. The summed E-state index contributed by atoms with van der Waals surface area (Å²) in [5, 5.41) is 5.60. The van der Waals surface area contributed by atoms with Crippen molar-refractivity contribution in [1.82, 2.24) is 15.0 Å². The minimum Gasteiger partial charge on any atom is -0.378 e. The van der Waals surface area contributed by atoms with Crippen LogP contribution in [0.2, 0.25) is 0 Å². The van der Waals surface area contributed by atoms with E-state index in [1.54, 1.807) is 6.07 Å². The molecule has 1 aliphatic rings. The molecule has 2 N–H and O–H groups in total. The largest absolute Gasteiger partial charge is 0.421 e. The van der Waals surface area contributed by atoms with Crippen LogP contribution >= 0.6 is 0 Å². The molecule has 10 nitrogen and oxygen atoms in total. The number of anilines is 5. The lowest BCUT2D eigenvalue weighted by atomic mass is 10.2. The number of nitrogens with one attached hydrogen (secondary N) is 2. The molecule has 1 aliphatic heterocycles. The third-order valence-corrected chi connectivity index (χ3v) is 6.50. The lowest BCUT2D eigenvalue weighted by Crippen LogP contribution is -2.36. The number of nitrogens with zero attached hydrogens (tertiary/aromatic N) is 5. The third kappa shape index (κ3) is 6.57. The van der Waals surface area contributed by atoms with Crippen LogP contribution in [0.15, 0.2) is 48.8 Å². The van der Waals surface area contributed by atoms with E-state index in [9.17, 15) is 21.6 Å². The van der Waals surface area contributed by atoms with Gasteiger partial charge >= 0.3 is 6.18 Å². The predicted octanol–water partition coefficient (Wildman–Crippen LogP) is 3.64. The average molecular weight is 537 g/mol. The van der Waals surface area contributed by atoms with Crippen LogP contribution in [0.4, 0.5) is 42.1 Å². The smallest absolute Gasteiger partial charge is 0.378 e. The highest BCUT2D eigenvalue weighted by atomic mass is 32.2. The molecule has 1 saturated heterocycles. The second-order valence-electron chi connectivity index (χ2n) is 8.18. The molecule has 0 aliphatic carbocycles. The number of ether oxygens (including phenoxy) is 1. The standard InChI is InChI=1S/C23H25F3N7O3S/c1-32(37(2,34)35)21-16(5-4-8-27-21)14-28-20-19(23(24,25)26)15-29-22(31-20)30-17-6-3-7-18(13-17)33-9-11-36-12-10-33/h3-8,13,15H,1,9-12,14H2,2H3,(H2,28,29,30,31). The van der Waals surface area contributed by atoms with E-state index >= 15 is 0 Å². The number of rotatable bonds is 8. The zero-order valence-corrected chi connectivity index (χ0v) is 20.7. The molecular weight excluding hydrogens is 511 g/mol. The summed E-state index contributed by atoms with van der Waals surface area (Å²) in [5.74, 6) is -0.534. The highest BCUT2D eigenvalue weighted by Gasteiger charge is 2.35. The Hall–Kier alpha value is -3.65. The van der Waals surface area contributed by atoms with Gasteiger partial charge in [0.05, 0.1) is 26.5 Å². The molecule has 0 unspecified atom stereocenters. The summed E-state index contributed by atoms with van der Waals surface area (Å²) in [6.45, 7) is 2.49. The summed E-state index contributed by atoms with van der Waals surface area (Å²) in [6.07, 6.45) is -1.72. The zero-order valence-electron chi connectivity index (χ0n) is 19.9. The highest BCUT2D eigenvalue weighted by molar-refractivity contribution is 7.92. The van der Waals surface area contributed by atoms with Gasteiger partial charge in [0, 0.05) is 49.0 Å². The molecule has 3 aromatic rings. The molecule has 37 heavy (non-hydrogen) atoms. The van der Waals surface area contributed by atoms with E-state index in [-0.39, 0.29) is 18.3 Å². The zero-order chi connectivity index (χ0) is 26.6. The van der Waals surface area contributed by atoms with Crippen molar-refractivity contribution in [2.75, 3.05) is 52.4 Å². The number of morpholine rings is 1. The number of benzene rings is 1. The molecule has 3 heterocycles. The quantitative estimate of drug-likeness (QED) is 0.446. The fourth-order valence-corrected chi connectivity index (χ4v) is 4.12. The van der Waals surface area contributed by atoms with Crippen LogP contribution in [-0.4, -0.2) is 55.9 Å². The number of hydrogen-bond acceptors (Lipinski definition) is 9. The van der Waals surface area contributed by atoms with Crippen molar-refractivity contribution in [2.45, 2.75) is 12.7 Å². The SMILES string of the molecule is [CH2]N(c1ncccc1CNc1nc(Nc2cccc(N3CCOCC3)c2)ncc1C(F)(F)F)S(C)(=O)=O. The number of pyridine rings is 1. The van der Waals surface area contributed by atoms with Crippen molar-refractivity contribution in [1.29, 1.82) is 0 Å². The van der Waals surface area contributed by atoms with Crippen LogP contribution in [0.3, 0.4) is 0 Å². The maximum Gasteiger partial charge on any atom is 0.421 e. The van der Waals surface area contributed by atoms with Crippen molar-refractivity contribution >= 4 is 39.0 Å². The number of sulfonamides is 1. The highest BCUT2D eigenvalue weighted by Crippen LogP contribution is 2.35. The van der Waals surface area contributed by atoms with E-state index in [1.165, 1.54) is 18.3 Å². The maximum atomic E-state index is 13.7. The predicted molar refractivity (Wildman–Crippen MR) is 134 cm³/mol. The van der Waals surface area contributed by atoms with Gasteiger partial charge in [-0.2, -0.15) is 18.2 Å². The Balaban J connectivity index is 1.58. The van der Waals surface area contributed by atoms with Gasteiger partial charge in [-0.05, 0) is 24.3 Å². The second kappa shape index (κ2) is 10.8. The van der Waals surface area contributed by atoms with Crippen LogP contribution in [0, 0.1) is 7.05 Å². The minimum atomic E-state index is -4.72. The fourth-order valence-electron chi connectivity index (χ4n) is 3.64. The molecule has 1 fully saturated rings. The Morgan fingerprint density at radius 3 is 2.62 bits per heavy atom. The van der Waals surface area contributed by atoms with Crippen LogP contribution in [0.1, 0.15) is 11.1 Å². The number of aromatic nitrogens is 3. The molecule has 0 atom stereocenters. The van der Waals surface area contributed by atoms with Crippen molar-refractivity contribution in [2.24, 2.45) is 0 Å². The van der Waals surface area contributed by atoms with Crippen molar-refractivity contribution in [3.05, 3.63) is 67.0 Å². The summed E-state index contributed by atoms with van der Waals surface area (Å²) in [5.41, 5.74) is 0.777. The van der Waals surface area contributed by atoms with Gasteiger partial charge in [-0.25, -0.2) is 18.4 Å². The Bertz CT molecular complexity index is 1350. The first-order valence-electron chi connectivity index (χ1n) is 11.1. The molecule has 2 aromatic heterocycles. The molecule has 197 valence electrons. The van der Waals surface area contributed by atoms with Crippen molar-refractivity contribution in [3.8, 4) is 0 Å². The maximum absolute atomic E-state index is 13.7. The molecule has 1 radical (unpaired) electrons. The Labute approximate surface area is 212 Å². The Morgan fingerprint density at radius 1 is 1.16 bits per heavy atom. The fraction of sp³-hybridized carbons (Fsp3) is 0.304. The van der Waals surface area contributed by atoms with E-state index in [2.05, 4.69) is 37.5 Å². The normalized spacial score (nSPS) is 14.4. The number of hydrogen-bond donors (Lipinski definition) is 2. The summed E-state index contributed by atoms with van der Waals surface area (Å²) in [4.78, 5) is 14.1. The van der Waals surface area contributed by atoms with E-state index in [0.29, 0.717) is 35.0 Å². The first kappa shape index (κ1) is 26.4. The topological polar surface area (TPSA) is 113 Å². The van der Waals surface area contributed by atoms with Crippen LogP contribution in [0.5, 0.6) is 0 Å². The van der Waals surface area contributed by atoms with Gasteiger partial charge in [0.1, 0.15) is 17.2 Å². The van der Waals surface area contributed by atoms with E-state index in [4.69, 9.17) is 4.74 Å². The van der Waals surface area contributed by atoms with E-state index < -0.39 is 27.6 Å². The molecule has 0 amide bonds. The second-order valence-corrected chi connectivity index (χ2v) is 10.1.